The molecule has 2 unspecified atom stereocenters. The summed E-state index contributed by atoms with van der Waals surface area (Å²) in [5, 5.41) is 1.65. The first-order valence-electron chi connectivity index (χ1n) is 11.5. The number of pyridine rings is 1. The van der Waals surface area contributed by atoms with Crippen LogP contribution in [0.25, 0.3) is 6.08 Å². The van der Waals surface area contributed by atoms with E-state index in [0.29, 0.717) is 5.75 Å². The highest BCUT2D eigenvalue weighted by atomic mass is 32.2. The number of hydrogen-bond acceptors (Lipinski definition) is 7. The second-order valence-corrected chi connectivity index (χ2v) is 10.6. The highest BCUT2D eigenvalue weighted by Gasteiger charge is 2.52. The number of thioether (sulfide) groups is 2. The Hall–Kier alpha value is -3.33. The van der Waals surface area contributed by atoms with Gasteiger partial charge in [-0.25, -0.2) is 4.79 Å². The van der Waals surface area contributed by atoms with Gasteiger partial charge < -0.3 is 10.5 Å². The van der Waals surface area contributed by atoms with E-state index in [1.54, 1.807) is 18.0 Å². The molecule has 2 N–H and O–H groups in total. The van der Waals surface area contributed by atoms with Gasteiger partial charge in [-0.15, -0.1) is 11.8 Å². The van der Waals surface area contributed by atoms with Gasteiger partial charge >= 0.3 is 5.97 Å². The molecule has 6 nitrogen and oxygen atoms in total. The highest BCUT2D eigenvalue weighted by Crippen LogP contribution is 2.44. The highest BCUT2D eigenvalue weighted by molar-refractivity contribution is 8.08. The SMILES string of the molecule is Cc1ccc(/C=C\SC2=C(C(=O)OC(c3ccccc3)c3ccccc3)N3C(=O)C(N)C3SC2)cn1. The van der Waals surface area contributed by atoms with Crippen molar-refractivity contribution in [3.8, 4) is 0 Å². The fourth-order valence-corrected chi connectivity index (χ4v) is 6.39. The average Bonchev–Trinajstić information content (AvgIpc) is 2.92. The first-order chi connectivity index (χ1) is 17.5. The lowest BCUT2D eigenvalue weighted by atomic mass is 10.0. The summed E-state index contributed by atoms with van der Waals surface area (Å²) in [6.45, 7) is 1.94. The summed E-state index contributed by atoms with van der Waals surface area (Å²) in [6, 6.07) is 22.5. The minimum absolute atomic E-state index is 0.262. The number of nitrogens with zero attached hydrogens (tertiary/aromatic N) is 2. The van der Waals surface area contributed by atoms with Crippen molar-refractivity contribution < 1.29 is 14.3 Å². The summed E-state index contributed by atoms with van der Waals surface area (Å²) in [5.74, 6) is -0.235. The minimum Gasteiger partial charge on any atom is -0.448 e. The lowest BCUT2D eigenvalue weighted by Gasteiger charge is -2.48. The van der Waals surface area contributed by atoms with Gasteiger partial charge in [0.2, 0.25) is 5.91 Å². The van der Waals surface area contributed by atoms with E-state index in [0.717, 1.165) is 27.3 Å². The molecule has 5 rings (SSSR count). The van der Waals surface area contributed by atoms with Gasteiger partial charge in [0, 0.05) is 22.5 Å². The molecule has 1 amide bonds. The minimum atomic E-state index is -0.613. The number of aromatic nitrogens is 1. The van der Waals surface area contributed by atoms with Crippen LogP contribution in [0.4, 0.5) is 0 Å². The van der Waals surface area contributed by atoms with Crippen molar-refractivity contribution in [2.24, 2.45) is 5.73 Å². The second kappa shape index (κ2) is 10.7. The number of nitrogens with two attached hydrogens (primary N) is 1. The van der Waals surface area contributed by atoms with Gasteiger partial charge in [-0.2, -0.15) is 0 Å². The topological polar surface area (TPSA) is 85.5 Å². The van der Waals surface area contributed by atoms with Crippen LogP contribution in [0.2, 0.25) is 0 Å². The summed E-state index contributed by atoms with van der Waals surface area (Å²) < 4.78 is 6.12. The predicted molar refractivity (Wildman–Crippen MR) is 145 cm³/mol. The molecule has 0 spiro atoms. The van der Waals surface area contributed by atoms with Gasteiger partial charge in [-0.1, -0.05) is 78.5 Å². The molecule has 182 valence electrons. The van der Waals surface area contributed by atoms with Crippen LogP contribution in [-0.4, -0.2) is 38.9 Å². The van der Waals surface area contributed by atoms with E-state index in [1.165, 1.54) is 16.7 Å². The molecule has 0 saturated carbocycles. The number of rotatable bonds is 7. The first-order valence-corrected chi connectivity index (χ1v) is 13.5. The van der Waals surface area contributed by atoms with Crippen molar-refractivity contribution in [2.45, 2.75) is 24.4 Å². The molecule has 1 aromatic heterocycles. The third-order valence-corrected chi connectivity index (χ3v) is 8.38. The van der Waals surface area contributed by atoms with Crippen LogP contribution in [0.5, 0.6) is 0 Å². The third kappa shape index (κ3) is 4.97. The largest absolute Gasteiger partial charge is 0.448 e. The summed E-state index contributed by atoms with van der Waals surface area (Å²) in [6.07, 6.45) is 3.12. The molecule has 1 saturated heterocycles. The first kappa shape index (κ1) is 24.4. The number of fused-ring (bicyclic) bond motifs is 1. The van der Waals surface area contributed by atoms with Gasteiger partial charge in [-0.05, 0) is 41.2 Å². The van der Waals surface area contributed by atoms with Crippen LogP contribution in [-0.2, 0) is 14.3 Å². The van der Waals surface area contributed by atoms with Gasteiger partial charge in [-0.3, -0.25) is 14.7 Å². The van der Waals surface area contributed by atoms with Gasteiger partial charge in [0.1, 0.15) is 17.1 Å². The van der Waals surface area contributed by atoms with Crippen LogP contribution in [0.1, 0.15) is 28.5 Å². The van der Waals surface area contributed by atoms with E-state index in [1.807, 2.05) is 91.2 Å². The van der Waals surface area contributed by atoms with Crippen molar-refractivity contribution in [3.05, 3.63) is 117 Å². The fraction of sp³-hybridized carbons (Fsp3) is 0.179. The zero-order valence-corrected chi connectivity index (χ0v) is 21.2. The monoisotopic (exact) mass is 515 g/mol. The summed E-state index contributed by atoms with van der Waals surface area (Å²) in [5.41, 5.74) is 9.92. The maximum atomic E-state index is 13.7. The maximum absolute atomic E-state index is 13.7. The number of aryl methyl sites for hydroxylation is 1. The molecule has 0 radical (unpaired) electrons. The molecular formula is C28H25N3O3S2. The van der Waals surface area contributed by atoms with E-state index in [2.05, 4.69) is 4.98 Å². The number of amides is 1. The molecule has 2 aromatic carbocycles. The Kier molecular flexibility index (Phi) is 7.27. The molecule has 2 aliphatic heterocycles. The van der Waals surface area contributed by atoms with E-state index < -0.39 is 18.1 Å². The number of carbonyl (C=O) groups excluding carboxylic acids is 2. The second-order valence-electron chi connectivity index (χ2n) is 8.47. The van der Waals surface area contributed by atoms with Crippen molar-refractivity contribution in [2.75, 3.05) is 5.75 Å². The van der Waals surface area contributed by atoms with Gasteiger partial charge in [0.25, 0.3) is 0 Å². The van der Waals surface area contributed by atoms with Crippen molar-refractivity contribution in [3.63, 3.8) is 0 Å². The van der Waals surface area contributed by atoms with Gasteiger partial charge in [0.15, 0.2) is 6.10 Å². The van der Waals surface area contributed by atoms with E-state index >= 15 is 0 Å². The smallest absolute Gasteiger partial charge is 0.356 e. The molecule has 0 bridgehead atoms. The summed E-state index contributed by atoms with van der Waals surface area (Å²) in [7, 11) is 0. The normalized spacial score (nSPS) is 19.4. The lowest BCUT2D eigenvalue weighted by molar-refractivity contribution is -0.152. The van der Waals surface area contributed by atoms with Gasteiger partial charge in [0.05, 0.1) is 0 Å². The van der Waals surface area contributed by atoms with Crippen molar-refractivity contribution in [1.29, 1.82) is 0 Å². The zero-order valence-electron chi connectivity index (χ0n) is 19.6. The Morgan fingerprint density at radius 2 is 1.78 bits per heavy atom. The molecule has 0 aliphatic carbocycles. The number of esters is 1. The summed E-state index contributed by atoms with van der Waals surface area (Å²) in [4.78, 5) is 33.0. The van der Waals surface area contributed by atoms with Crippen LogP contribution in [0.3, 0.4) is 0 Å². The lowest BCUT2D eigenvalue weighted by Crippen LogP contribution is -2.68. The van der Waals surface area contributed by atoms with Crippen molar-refractivity contribution >= 4 is 41.5 Å². The zero-order chi connectivity index (χ0) is 25.1. The summed E-state index contributed by atoms with van der Waals surface area (Å²) >= 11 is 2.97. The van der Waals surface area contributed by atoms with Crippen LogP contribution >= 0.6 is 23.5 Å². The van der Waals surface area contributed by atoms with E-state index in [9.17, 15) is 9.59 Å². The molecule has 1 fully saturated rings. The molecule has 2 atom stereocenters. The standard InChI is InChI=1S/C28H25N3O3S2/c1-18-12-13-19(16-30-18)14-15-35-22-17-36-27-23(29)26(32)31(27)24(22)28(33)34-25(20-8-4-2-5-9-20)21-10-6-3-7-11-21/h2-16,23,25,27H,17,29H2,1H3/b15-14-. The predicted octanol–water partition coefficient (Wildman–Crippen LogP) is 4.88. The fourth-order valence-electron chi connectivity index (χ4n) is 4.09. The Morgan fingerprint density at radius 1 is 1.11 bits per heavy atom. The Balaban J connectivity index is 1.45. The quantitative estimate of drug-likeness (QED) is 0.355. The third-order valence-electron chi connectivity index (χ3n) is 6.00. The van der Waals surface area contributed by atoms with Crippen LogP contribution in [0.15, 0.2) is 95.0 Å². The Bertz CT molecular complexity index is 1270. The molecule has 2 aliphatic rings. The molecular weight excluding hydrogens is 490 g/mol. The maximum Gasteiger partial charge on any atom is 0.356 e. The molecule has 3 aromatic rings. The van der Waals surface area contributed by atoms with Crippen LogP contribution < -0.4 is 5.73 Å². The molecule has 8 heteroatoms. The number of ether oxygens (including phenoxy) is 1. The number of benzene rings is 2. The molecule has 36 heavy (non-hydrogen) atoms. The van der Waals surface area contributed by atoms with Crippen LogP contribution in [0, 0.1) is 6.92 Å². The van der Waals surface area contributed by atoms with E-state index in [4.69, 9.17) is 10.5 Å². The Labute approximate surface area is 218 Å². The number of hydrogen-bond donors (Lipinski definition) is 1. The number of carbonyl (C=O) groups is 2. The van der Waals surface area contributed by atoms with Crippen molar-refractivity contribution in [1.82, 2.24) is 9.88 Å². The Morgan fingerprint density at radius 3 is 2.39 bits per heavy atom. The molecule has 3 heterocycles. The van der Waals surface area contributed by atoms with E-state index in [-0.39, 0.29) is 17.0 Å². The number of β-lactam (4-membered cyclic amide) rings is 1. The average molecular weight is 516 g/mol.